The van der Waals surface area contributed by atoms with E-state index in [4.69, 9.17) is 5.11 Å². The minimum absolute atomic E-state index is 0.326. The van der Waals surface area contributed by atoms with Gasteiger partial charge in [0.25, 0.3) is 0 Å². The number of carboxylic acids is 1. The van der Waals surface area contributed by atoms with Crippen molar-refractivity contribution in [3.63, 3.8) is 0 Å². The van der Waals surface area contributed by atoms with Gasteiger partial charge in [-0.1, -0.05) is 35.3 Å². The van der Waals surface area contributed by atoms with E-state index < -0.39 is 5.97 Å². The molecule has 13 heavy (non-hydrogen) atoms. The van der Waals surface area contributed by atoms with Crippen LogP contribution in [-0.2, 0) is 6.42 Å². The molecule has 70 valence electrons. The van der Waals surface area contributed by atoms with E-state index in [1.165, 1.54) is 0 Å². The highest BCUT2D eigenvalue weighted by Crippen LogP contribution is 2.19. The maximum absolute atomic E-state index is 10.6. The molecule has 0 amide bonds. The third kappa shape index (κ3) is 2.56. The van der Waals surface area contributed by atoms with Crippen LogP contribution in [0.5, 0.6) is 0 Å². The number of benzene rings is 1. The second-order valence-electron chi connectivity index (χ2n) is 2.86. The summed E-state index contributed by atoms with van der Waals surface area (Å²) < 4.78 is 0.884. The highest BCUT2D eigenvalue weighted by molar-refractivity contribution is 9.10. The van der Waals surface area contributed by atoms with E-state index in [1.54, 1.807) is 12.1 Å². The molecule has 0 bridgehead atoms. The van der Waals surface area contributed by atoms with Crippen LogP contribution in [0.15, 0.2) is 22.7 Å². The van der Waals surface area contributed by atoms with Crippen molar-refractivity contribution in [3.8, 4) is 0 Å². The Labute approximate surface area is 85.7 Å². The van der Waals surface area contributed by atoms with Gasteiger partial charge in [-0.05, 0) is 24.1 Å². The van der Waals surface area contributed by atoms with Crippen LogP contribution in [0.25, 0.3) is 0 Å². The molecule has 0 unspecified atom stereocenters. The standard InChI is InChI=1S/C10H11BrO2/c1-2-3-7-4-5-8(10(12)13)6-9(7)11/h4-6H,2-3H2,1H3,(H,12,13). The number of aromatic carboxylic acids is 1. The molecule has 0 aliphatic carbocycles. The maximum atomic E-state index is 10.6. The summed E-state index contributed by atoms with van der Waals surface area (Å²) in [5.74, 6) is -0.885. The fourth-order valence-corrected chi connectivity index (χ4v) is 1.73. The molecule has 0 heterocycles. The fraction of sp³-hybridized carbons (Fsp3) is 0.300. The molecule has 0 aliphatic rings. The maximum Gasteiger partial charge on any atom is 0.335 e. The summed E-state index contributed by atoms with van der Waals surface area (Å²) >= 11 is 3.35. The molecule has 0 aliphatic heterocycles. The number of carbonyl (C=O) groups is 1. The van der Waals surface area contributed by atoms with Gasteiger partial charge < -0.3 is 5.11 Å². The number of hydrogen-bond donors (Lipinski definition) is 1. The summed E-state index contributed by atoms with van der Waals surface area (Å²) in [5, 5.41) is 8.71. The van der Waals surface area contributed by atoms with Gasteiger partial charge in [0.15, 0.2) is 0 Å². The average Bonchev–Trinajstić information content (AvgIpc) is 2.08. The van der Waals surface area contributed by atoms with Crippen molar-refractivity contribution >= 4 is 21.9 Å². The Hall–Kier alpha value is -0.830. The van der Waals surface area contributed by atoms with Crippen LogP contribution in [0.1, 0.15) is 29.3 Å². The SMILES string of the molecule is CCCc1ccc(C(=O)O)cc1Br. The second kappa shape index (κ2) is 4.42. The first-order valence-corrected chi connectivity index (χ1v) is 4.96. The quantitative estimate of drug-likeness (QED) is 0.885. The van der Waals surface area contributed by atoms with Crippen LogP contribution in [0.4, 0.5) is 0 Å². The van der Waals surface area contributed by atoms with E-state index in [-0.39, 0.29) is 0 Å². The van der Waals surface area contributed by atoms with Gasteiger partial charge in [0.2, 0.25) is 0 Å². The van der Waals surface area contributed by atoms with Crippen molar-refractivity contribution in [2.75, 3.05) is 0 Å². The normalized spacial score (nSPS) is 10.0. The molecule has 0 atom stereocenters. The van der Waals surface area contributed by atoms with Crippen molar-refractivity contribution < 1.29 is 9.90 Å². The van der Waals surface area contributed by atoms with E-state index in [9.17, 15) is 4.79 Å². The molecule has 1 aromatic rings. The molecule has 2 nitrogen and oxygen atoms in total. The Morgan fingerprint density at radius 2 is 2.23 bits per heavy atom. The molecular formula is C10H11BrO2. The highest BCUT2D eigenvalue weighted by Gasteiger charge is 2.05. The number of aryl methyl sites for hydroxylation is 1. The minimum atomic E-state index is -0.885. The fourth-order valence-electron chi connectivity index (χ4n) is 1.15. The predicted octanol–water partition coefficient (Wildman–Crippen LogP) is 3.10. The summed E-state index contributed by atoms with van der Waals surface area (Å²) in [7, 11) is 0. The molecule has 3 heteroatoms. The lowest BCUT2D eigenvalue weighted by Crippen LogP contribution is -1.97. The molecule has 0 radical (unpaired) electrons. The molecule has 0 spiro atoms. The van der Waals surface area contributed by atoms with Crippen LogP contribution in [0.2, 0.25) is 0 Å². The Morgan fingerprint density at radius 3 is 2.69 bits per heavy atom. The second-order valence-corrected chi connectivity index (χ2v) is 3.72. The molecule has 1 rings (SSSR count). The van der Waals surface area contributed by atoms with Gasteiger partial charge in [-0.15, -0.1) is 0 Å². The van der Waals surface area contributed by atoms with Gasteiger partial charge in [0, 0.05) is 4.47 Å². The van der Waals surface area contributed by atoms with Crippen LogP contribution in [0, 0.1) is 0 Å². The first-order valence-electron chi connectivity index (χ1n) is 4.17. The average molecular weight is 243 g/mol. The van der Waals surface area contributed by atoms with E-state index in [1.807, 2.05) is 6.07 Å². The van der Waals surface area contributed by atoms with Crippen molar-refractivity contribution in [1.29, 1.82) is 0 Å². The van der Waals surface area contributed by atoms with Crippen molar-refractivity contribution in [1.82, 2.24) is 0 Å². The molecule has 0 saturated carbocycles. The topological polar surface area (TPSA) is 37.3 Å². The van der Waals surface area contributed by atoms with E-state index in [0.29, 0.717) is 5.56 Å². The highest BCUT2D eigenvalue weighted by atomic mass is 79.9. The smallest absolute Gasteiger partial charge is 0.335 e. The lowest BCUT2D eigenvalue weighted by Gasteiger charge is -2.03. The summed E-state index contributed by atoms with van der Waals surface area (Å²) in [5.41, 5.74) is 1.49. The number of halogens is 1. The molecule has 0 saturated heterocycles. The number of hydrogen-bond acceptors (Lipinski definition) is 1. The number of carboxylic acid groups (broad SMARTS) is 1. The van der Waals surface area contributed by atoms with Gasteiger partial charge >= 0.3 is 5.97 Å². The summed E-state index contributed by atoms with van der Waals surface area (Å²) in [6.07, 6.45) is 2.03. The first kappa shape index (κ1) is 10.3. The van der Waals surface area contributed by atoms with Crippen LogP contribution in [0.3, 0.4) is 0 Å². The van der Waals surface area contributed by atoms with E-state index in [0.717, 1.165) is 22.9 Å². The van der Waals surface area contributed by atoms with Gasteiger partial charge in [-0.25, -0.2) is 4.79 Å². The summed E-state index contributed by atoms with van der Waals surface area (Å²) in [6.45, 7) is 2.09. The van der Waals surface area contributed by atoms with Crippen LogP contribution < -0.4 is 0 Å². The molecule has 0 fully saturated rings. The van der Waals surface area contributed by atoms with Gasteiger partial charge in [-0.2, -0.15) is 0 Å². The predicted molar refractivity (Wildman–Crippen MR) is 55.1 cm³/mol. The van der Waals surface area contributed by atoms with Crippen LogP contribution >= 0.6 is 15.9 Å². The third-order valence-electron chi connectivity index (χ3n) is 1.82. The lowest BCUT2D eigenvalue weighted by atomic mass is 10.1. The van der Waals surface area contributed by atoms with Gasteiger partial charge in [0.1, 0.15) is 0 Å². The van der Waals surface area contributed by atoms with Crippen molar-refractivity contribution in [2.45, 2.75) is 19.8 Å². The zero-order valence-corrected chi connectivity index (χ0v) is 8.97. The Kier molecular flexibility index (Phi) is 3.48. The van der Waals surface area contributed by atoms with Gasteiger partial charge in [-0.3, -0.25) is 0 Å². The monoisotopic (exact) mass is 242 g/mol. The third-order valence-corrected chi connectivity index (χ3v) is 2.56. The molecular weight excluding hydrogens is 232 g/mol. The van der Waals surface area contributed by atoms with E-state index in [2.05, 4.69) is 22.9 Å². The van der Waals surface area contributed by atoms with E-state index >= 15 is 0 Å². The largest absolute Gasteiger partial charge is 0.478 e. The Morgan fingerprint density at radius 1 is 1.54 bits per heavy atom. The Bertz CT molecular complexity index is 321. The molecule has 1 N–H and O–H groups in total. The Balaban J connectivity index is 2.98. The van der Waals surface area contributed by atoms with Crippen molar-refractivity contribution in [2.24, 2.45) is 0 Å². The zero-order chi connectivity index (χ0) is 9.84. The van der Waals surface area contributed by atoms with Gasteiger partial charge in [0.05, 0.1) is 5.56 Å². The van der Waals surface area contributed by atoms with Crippen LogP contribution in [-0.4, -0.2) is 11.1 Å². The first-order chi connectivity index (χ1) is 6.15. The summed E-state index contributed by atoms with van der Waals surface area (Å²) in [4.78, 5) is 10.6. The lowest BCUT2D eigenvalue weighted by molar-refractivity contribution is 0.0697. The number of rotatable bonds is 3. The molecule has 1 aromatic carbocycles. The van der Waals surface area contributed by atoms with Crippen molar-refractivity contribution in [3.05, 3.63) is 33.8 Å². The minimum Gasteiger partial charge on any atom is -0.478 e. The zero-order valence-electron chi connectivity index (χ0n) is 7.38. The molecule has 0 aromatic heterocycles. The summed E-state index contributed by atoms with van der Waals surface area (Å²) in [6, 6.07) is 5.14.